The van der Waals surface area contributed by atoms with Gasteiger partial charge in [0.05, 0.1) is 30.8 Å². The molecule has 1 aromatic carbocycles. The molecule has 0 amide bonds. The van der Waals surface area contributed by atoms with Crippen molar-refractivity contribution >= 4 is 17.6 Å². The minimum absolute atomic E-state index is 0.187. The van der Waals surface area contributed by atoms with Gasteiger partial charge in [-0.3, -0.25) is 4.79 Å². The molecule has 102 valence electrons. The number of halogens is 1. The van der Waals surface area contributed by atoms with E-state index in [2.05, 4.69) is 4.74 Å². The van der Waals surface area contributed by atoms with Crippen LogP contribution in [-0.2, 0) is 9.53 Å². The fraction of sp³-hybridized carbons (Fsp3) is 0.385. The van der Waals surface area contributed by atoms with E-state index in [1.807, 2.05) is 6.07 Å². The number of aliphatic hydroxyl groups excluding tert-OH is 2. The van der Waals surface area contributed by atoms with Crippen LogP contribution in [0.5, 0.6) is 0 Å². The number of hydrogen-bond acceptors (Lipinski definition) is 5. The topological polar surface area (TPSA) is 90.6 Å². The quantitative estimate of drug-likeness (QED) is 0.800. The number of hydrogen-bond donors (Lipinski definition) is 2. The summed E-state index contributed by atoms with van der Waals surface area (Å²) in [6, 6.07) is 6.23. The first kappa shape index (κ1) is 15.4. The number of aliphatic hydroxyl groups is 2. The van der Waals surface area contributed by atoms with Gasteiger partial charge in [-0.25, -0.2) is 0 Å². The standard InChI is InChI=1S/C13H14ClNO4/c1-2-19-12(17)6-11(16)13(18)10-5-9(14)4-3-8(10)7-15/h3-5,11,13,16,18H,2,6H2,1H3. The molecule has 0 aliphatic rings. The highest BCUT2D eigenvalue weighted by Crippen LogP contribution is 2.25. The average molecular weight is 284 g/mol. The van der Waals surface area contributed by atoms with E-state index in [0.717, 1.165) is 0 Å². The van der Waals surface area contributed by atoms with Crippen molar-refractivity contribution in [1.29, 1.82) is 5.26 Å². The van der Waals surface area contributed by atoms with Crippen LogP contribution >= 0.6 is 11.6 Å². The van der Waals surface area contributed by atoms with Crippen molar-refractivity contribution in [3.63, 3.8) is 0 Å². The van der Waals surface area contributed by atoms with E-state index < -0.39 is 18.2 Å². The SMILES string of the molecule is CCOC(=O)CC(O)C(O)c1cc(Cl)ccc1C#N. The van der Waals surface area contributed by atoms with Gasteiger partial charge in [-0.15, -0.1) is 0 Å². The van der Waals surface area contributed by atoms with E-state index >= 15 is 0 Å². The molecular formula is C13H14ClNO4. The summed E-state index contributed by atoms with van der Waals surface area (Å²) in [5, 5.41) is 29.0. The maximum Gasteiger partial charge on any atom is 0.308 e. The Kier molecular flexibility index (Phi) is 5.77. The van der Waals surface area contributed by atoms with Crippen LogP contribution in [-0.4, -0.2) is 28.9 Å². The van der Waals surface area contributed by atoms with Crippen molar-refractivity contribution in [3.8, 4) is 6.07 Å². The van der Waals surface area contributed by atoms with Crippen LogP contribution in [0, 0.1) is 11.3 Å². The summed E-state index contributed by atoms with van der Waals surface area (Å²) in [4.78, 5) is 11.2. The molecule has 0 aliphatic carbocycles. The van der Waals surface area contributed by atoms with Crippen LogP contribution in [0.2, 0.25) is 5.02 Å². The third-order valence-corrected chi connectivity index (χ3v) is 2.73. The first-order valence-corrected chi connectivity index (χ1v) is 6.08. The van der Waals surface area contributed by atoms with E-state index in [-0.39, 0.29) is 24.2 Å². The minimum Gasteiger partial charge on any atom is -0.466 e. The molecule has 0 heterocycles. The van der Waals surface area contributed by atoms with E-state index in [0.29, 0.717) is 5.02 Å². The van der Waals surface area contributed by atoms with E-state index in [1.54, 1.807) is 6.92 Å². The van der Waals surface area contributed by atoms with E-state index in [4.69, 9.17) is 16.9 Å². The second kappa shape index (κ2) is 7.10. The third-order valence-electron chi connectivity index (χ3n) is 2.50. The molecule has 0 spiro atoms. The number of esters is 1. The summed E-state index contributed by atoms with van der Waals surface area (Å²) in [7, 11) is 0. The van der Waals surface area contributed by atoms with Gasteiger partial charge in [-0.1, -0.05) is 11.6 Å². The first-order chi connectivity index (χ1) is 8.99. The summed E-state index contributed by atoms with van der Waals surface area (Å²) in [6.45, 7) is 1.84. The lowest BCUT2D eigenvalue weighted by molar-refractivity contribution is -0.147. The third kappa shape index (κ3) is 4.21. The molecule has 0 bridgehead atoms. The van der Waals surface area contributed by atoms with Crippen LogP contribution in [0.1, 0.15) is 30.6 Å². The monoisotopic (exact) mass is 283 g/mol. The normalized spacial score (nSPS) is 13.4. The molecule has 2 unspecified atom stereocenters. The lowest BCUT2D eigenvalue weighted by Gasteiger charge is -2.18. The molecule has 0 aromatic heterocycles. The summed E-state index contributed by atoms with van der Waals surface area (Å²) >= 11 is 5.78. The molecule has 0 fully saturated rings. The number of carbonyl (C=O) groups is 1. The second-order valence-corrected chi connectivity index (χ2v) is 4.30. The summed E-state index contributed by atoms with van der Waals surface area (Å²) < 4.78 is 4.68. The summed E-state index contributed by atoms with van der Waals surface area (Å²) in [6.07, 6.45) is -3.09. The molecule has 1 aromatic rings. The summed E-state index contributed by atoms with van der Waals surface area (Å²) in [5.74, 6) is -0.616. The zero-order valence-electron chi connectivity index (χ0n) is 10.3. The molecule has 1 rings (SSSR count). The van der Waals surface area contributed by atoms with Gasteiger partial charge < -0.3 is 14.9 Å². The van der Waals surface area contributed by atoms with Crippen molar-refractivity contribution in [2.24, 2.45) is 0 Å². The number of carbonyl (C=O) groups excluding carboxylic acids is 1. The van der Waals surface area contributed by atoms with Gasteiger partial charge in [0.15, 0.2) is 0 Å². The van der Waals surface area contributed by atoms with Crippen LogP contribution in [0.3, 0.4) is 0 Å². The van der Waals surface area contributed by atoms with Gasteiger partial charge in [0.2, 0.25) is 0 Å². The predicted molar refractivity (Wildman–Crippen MR) is 68.4 cm³/mol. The zero-order chi connectivity index (χ0) is 14.4. The van der Waals surface area contributed by atoms with Crippen molar-refractivity contribution in [1.82, 2.24) is 0 Å². The minimum atomic E-state index is -1.38. The highest BCUT2D eigenvalue weighted by Gasteiger charge is 2.24. The highest BCUT2D eigenvalue weighted by atomic mass is 35.5. The number of ether oxygens (including phenoxy) is 1. The molecule has 2 atom stereocenters. The molecular weight excluding hydrogens is 270 g/mol. The average Bonchev–Trinajstić information content (AvgIpc) is 2.37. The Labute approximate surface area is 116 Å². The van der Waals surface area contributed by atoms with Crippen LogP contribution in [0.25, 0.3) is 0 Å². The van der Waals surface area contributed by atoms with Crippen molar-refractivity contribution in [3.05, 3.63) is 34.3 Å². The molecule has 0 saturated carbocycles. The molecule has 0 aliphatic heterocycles. The smallest absolute Gasteiger partial charge is 0.308 e. The number of nitrogens with zero attached hydrogens (tertiary/aromatic N) is 1. The predicted octanol–water partition coefficient (Wildman–Crippen LogP) is 1.56. The van der Waals surface area contributed by atoms with Crippen molar-refractivity contribution in [2.45, 2.75) is 25.6 Å². The lowest BCUT2D eigenvalue weighted by Crippen LogP contribution is -2.23. The Hall–Kier alpha value is -1.61. The molecule has 0 radical (unpaired) electrons. The van der Waals surface area contributed by atoms with Crippen LogP contribution in [0.15, 0.2) is 18.2 Å². The van der Waals surface area contributed by atoms with E-state index in [1.165, 1.54) is 18.2 Å². The van der Waals surface area contributed by atoms with Gasteiger partial charge in [0.25, 0.3) is 0 Å². The van der Waals surface area contributed by atoms with Crippen molar-refractivity contribution < 1.29 is 19.7 Å². The van der Waals surface area contributed by atoms with E-state index in [9.17, 15) is 15.0 Å². The molecule has 19 heavy (non-hydrogen) atoms. The van der Waals surface area contributed by atoms with Gasteiger partial charge in [-0.2, -0.15) is 5.26 Å². The highest BCUT2D eigenvalue weighted by molar-refractivity contribution is 6.30. The Morgan fingerprint density at radius 2 is 2.21 bits per heavy atom. The Morgan fingerprint density at radius 3 is 2.79 bits per heavy atom. The molecule has 5 nitrogen and oxygen atoms in total. The maximum absolute atomic E-state index is 11.2. The van der Waals surface area contributed by atoms with Crippen LogP contribution < -0.4 is 0 Å². The Balaban J connectivity index is 2.87. The van der Waals surface area contributed by atoms with Gasteiger partial charge in [0, 0.05) is 10.6 Å². The first-order valence-electron chi connectivity index (χ1n) is 5.70. The number of nitriles is 1. The fourth-order valence-corrected chi connectivity index (χ4v) is 1.77. The molecule has 6 heteroatoms. The van der Waals surface area contributed by atoms with Crippen molar-refractivity contribution in [2.75, 3.05) is 6.61 Å². The maximum atomic E-state index is 11.2. The summed E-state index contributed by atoms with van der Waals surface area (Å²) in [5.41, 5.74) is 0.381. The lowest BCUT2D eigenvalue weighted by atomic mass is 9.98. The van der Waals surface area contributed by atoms with Gasteiger partial charge in [-0.05, 0) is 25.1 Å². The Morgan fingerprint density at radius 1 is 1.53 bits per heavy atom. The Bertz CT molecular complexity index is 498. The number of benzene rings is 1. The van der Waals surface area contributed by atoms with Gasteiger partial charge in [0.1, 0.15) is 6.10 Å². The van der Waals surface area contributed by atoms with Crippen LogP contribution in [0.4, 0.5) is 0 Å². The largest absolute Gasteiger partial charge is 0.466 e. The molecule has 0 saturated heterocycles. The molecule has 2 N–H and O–H groups in total. The second-order valence-electron chi connectivity index (χ2n) is 3.86. The zero-order valence-corrected chi connectivity index (χ0v) is 11.1. The number of rotatable bonds is 5. The fourth-order valence-electron chi connectivity index (χ4n) is 1.59. The van der Waals surface area contributed by atoms with Gasteiger partial charge >= 0.3 is 5.97 Å².